The molecule has 0 spiro atoms. The van der Waals surface area contributed by atoms with Crippen LogP contribution in [-0.2, 0) is 16.4 Å². The summed E-state index contributed by atoms with van der Waals surface area (Å²) in [5.41, 5.74) is 0.945. The smallest absolute Gasteiger partial charge is 0.154 e. The Kier molecular flexibility index (Phi) is 4.77. The van der Waals surface area contributed by atoms with E-state index < -0.39 is 9.84 Å². The molecule has 6 heteroatoms. The lowest BCUT2D eigenvalue weighted by molar-refractivity contribution is 0.283. The fourth-order valence-electron chi connectivity index (χ4n) is 2.18. The number of hydrogen-bond acceptors (Lipinski definition) is 3. The van der Waals surface area contributed by atoms with Crippen LogP contribution in [0.4, 0.5) is 0 Å². The van der Waals surface area contributed by atoms with Gasteiger partial charge in [0.1, 0.15) is 0 Å². The summed E-state index contributed by atoms with van der Waals surface area (Å²) in [5, 5.41) is 0.839. The molecule has 2 rings (SSSR count). The first-order valence-corrected chi connectivity index (χ1v) is 8.74. The molecule has 0 N–H and O–H groups in total. The maximum absolute atomic E-state index is 11.8. The molecule has 0 aliphatic carbocycles. The van der Waals surface area contributed by atoms with Crippen molar-refractivity contribution in [1.29, 1.82) is 0 Å². The largest absolute Gasteiger partial charge is 0.298 e. The van der Waals surface area contributed by atoms with Crippen LogP contribution in [0.3, 0.4) is 0 Å². The first-order chi connectivity index (χ1) is 8.90. The van der Waals surface area contributed by atoms with Crippen LogP contribution < -0.4 is 0 Å². The van der Waals surface area contributed by atoms with E-state index in [1.165, 1.54) is 0 Å². The van der Waals surface area contributed by atoms with E-state index in [9.17, 15) is 8.42 Å². The van der Waals surface area contributed by atoms with Gasteiger partial charge in [-0.3, -0.25) is 4.90 Å². The molecule has 0 radical (unpaired) electrons. The molecule has 1 aliphatic rings. The average molecular weight is 322 g/mol. The second-order valence-electron chi connectivity index (χ2n) is 4.96. The van der Waals surface area contributed by atoms with Crippen molar-refractivity contribution in [3.8, 4) is 0 Å². The lowest BCUT2D eigenvalue weighted by atomic mass is 10.2. The summed E-state index contributed by atoms with van der Waals surface area (Å²) in [6, 6.07) is 5.54. The molecule has 0 aromatic heterocycles. The van der Waals surface area contributed by atoms with Crippen LogP contribution in [0.1, 0.15) is 18.9 Å². The molecule has 106 valence electrons. The fourth-order valence-corrected chi connectivity index (χ4v) is 3.94. The molecule has 0 unspecified atom stereocenters. The molecule has 1 atom stereocenters. The number of benzene rings is 1. The summed E-state index contributed by atoms with van der Waals surface area (Å²) in [6.07, 6.45) is 0.667. The van der Waals surface area contributed by atoms with E-state index in [1.807, 2.05) is 12.1 Å². The Labute approximate surface area is 124 Å². The standard InChI is InChI=1S/C13H17Cl2NO2S/c1-10-5-6-16(7-8-19(10,17)18)9-11-3-2-4-12(14)13(11)15/h2-4,10H,5-9H2,1H3/t10-/m1/s1. The predicted molar refractivity (Wildman–Crippen MR) is 79.6 cm³/mol. The van der Waals surface area contributed by atoms with Crippen molar-refractivity contribution in [1.82, 2.24) is 4.90 Å². The molecule has 0 bridgehead atoms. The van der Waals surface area contributed by atoms with Gasteiger partial charge >= 0.3 is 0 Å². The highest BCUT2D eigenvalue weighted by Gasteiger charge is 2.26. The Morgan fingerprint density at radius 2 is 2.05 bits per heavy atom. The van der Waals surface area contributed by atoms with Crippen molar-refractivity contribution in [3.05, 3.63) is 33.8 Å². The van der Waals surface area contributed by atoms with Crippen LogP contribution in [0.25, 0.3) is 0 Å². The van der Waals surface area contributed by atoms with Gasteiger partial charge in [-0.1, -0.05) is 35.3 Å². The van der Waals surface area contributed by atoms with Gasteiger partial charge < -0.3 is 0 Å². The zero-order chi connectivity index (χ0) is 14.0. The van der Waals surface area contributed by atoms with Crippen molar-refractivity contribution in [2.75, 3.05) is 18.8 Å². The first kappa shape index (κ1) is 15.1. The third kappa shape index (κ3) is 3.63. The highest BCUT2D eigenvalue weighted by molar-refractivity contribution is 7.92. The van der Waals surface area contributed by atoms with Crippen LogP contribution in [0.15, 0.2) is 18.2 Å². The van der Waals surface area contributed by atoms with Gasteiger partial charge in [-0.25, -0.2) is 8.42 Å². The van der Waals surface area contributed by atoms with Gasteiger partial charge in [0.15, 0.2) is 9.84 Å². The van der Waals surface area contributed by atoms with E-state index in [4.69, 9.17) is 23.2 Å². The second kappa shape index (κ2) is 6.00. The maximum Gasteiger partial charge on any atom is 0.154 e. The first-order valence-electron chi connectivity index (χ1n) is 6.27. The summed E-state index contributed by atoms with van der Waals surface area (Å²) in [7, 11) is -2.94. The summed E-state index contributed by atoms with van der Waals surface area (Å²) in [6.45, 7) is 3.74. The second-order valence-corrected chi connectivity index (χ2v) is 8.28. The predicted octanol–water partition coefficient (Wildman–Crippen LogP) is 3.00. The minimum Gasteiger partial charge on any atom is -0.298 e. The van der Waals surface area contributed by atoms with E-state index in [1.54, 1.807) is 13.0 Å². The minimum absolute atomic E-state index is 0.215. The normalized spacial score (nSPS) is 24.1. The van der Waals surface area contributed by atoms with Crippen LogP contribution in [0.5, 0.6) is 0 Å². The lowest BCUT2D eigenvalue weighted by Crippen LogP contribution is -2.26. The molecule has 1 heterocycles. The summed E-state index contributed by atoms with van der Waals surface area (Å²) in [5.74, 6) is 0.215. The summed E-state index contributed by atoms with van der Waals surface area (Å²) in [4.78, 5) is 2.12. The van der Waals surface area contributed by atoms with E-state index in [0.717, 1.165) is 12.1 Å². The molecular weight excluding hydrogens is 305 g/mol. The Morgan fingerprint density at radius 3 is 2.79 bits per heavy atom. The molecule has 1 aromatic carbocycles. The maximum atomic E-state index is 11.8. The van der Waals surface area contributed by atoms with Crippen LogP contribution in [0, 0.1) is 0 Å². The average Bonchev–Trinajstić information content (AvgIpc) is 2.48. The molecule has 1 fully saturated rings. The van der Waals surface area contributed by atoms with Gasteiger partial charge in [0.05, 0.1) is 21.0 Å². The van der Waals surface area contributed by atoms with Crippen LogP contribution >= 0.6 is 23.2 Å². The highest BCUT2D eigenvalue weighted by atomic mass is 35.5. The van der Waals surface area contributed by atoms with Gasteiger partial charge in [-0.2, -0.15) is 0 Å². The zero-order valence-electron chi connectivity index (χ0n) is 10.8. The van der Waals surface area contributed by atoms with Gasteiger partial charge in [0.25, 0.3) is 0 Å². The molecular formula is C13H17Cl2NO2S. The molecule has 0 saturated carbocycles. The van der Waals surface area contributed by atoms with Gasteiger partial charge in [0.2, 0.25) is 0 Å². The number of nitrogens with zero attached hydrogens (tertiary/aromatic N) is 1. The summed E-state index contributed by atoms with van der Waals surface area (Å²) < 4.78 is 23.7. The van der Waals surface area contributed by atoms with E-state index in [0.29, 0.717) is 29.6 Å². The Hall–Kier alpha value is -0.290. The molecule has 19 heavy (non-hydrogen) atoms. The van der Waals surface area contributed by atoms with E-state index in [-0.39, 0.29) is 11.0 Å². The monoisotopic (exact) mass is 321 g/mol. The molecule has 1 saturated heterocycles. The number of halogens is 2. The van der Waals surface area contributed by atoms with E-state index >= 15 is 0 Å². The fraction of sp³-hybridized carbons (Fsp3) is 0.538. The van der Waals surface area contributed by atoms with Crippen molar-refractivity contribution >= 4 is 33.0 Å². The Morgan fingerprint density at radius 1 is 1.32 bits per heavy atom. The van der Waals surface area contributed by atoms with Gasteiger partial charge in [-0.15, -0.1) is 0 Å². The van der Waals surface area contributed by atoms with Crippen molar-refractivity contribution in [2.45, 2.75) is 25.1 Å². The number of rotatable bonds is 2. The Bertz CT molecular complexity index is 560. The molecule has 1 aromatic rings. The minimum atomic E-state index is -2.94. The SMILES string of the molecule is C[C@@H]1CCN(Cc2cccc(Cl)c2Cl)CCS1(=O)=O. The van der Waals surface area contributed by atoms with Crippen molar-refractivity contribution in [3.63, 3.8) is 0 Å². The lowest BCUT2D eigenvalue weighted by Gasteiger charge is -2.20. The third-order valence-electron chi connectivity index (χ3n) is 3.58. The zero-order valence-corrected chi connectivity index (χ0v) is 13.1. The molecule has 3 nitrogen and oxygen atoms in total. The number of sulfone groups is 1. The summed E-state index contributed by atoms with van der Waals surface area (Å²) >= 11 is 12.1. The van der Waals surface area contributed by atoms with Crippen LogP contribution in [-0.4, -0.2) is 37.4 Å². The Balaban J connectivity index is 2.10. The number of hydrogen-bond donors (Lipinski definition) is 0. The van der Waals surface area contributed by atoms with E-state index in [2.05, 4.69) is 4.90 Å². The molecule has 0 amide bonds. The molecule has 1 aliphatic heterocycles. The highest BCUT2D eigenvalue weighted by Crippen LogP contribution is 2.27. The van der Waals surface area contributed by atoms with Crippen molar-refractivity contribution in [2.24, 2.45) is 0 Å². The van der Waals surface area contributed by atoms with Crippen LogP contribution in [0.2, 0.25) is 10.0 Å². The van der Waals surface area contributed by atoms with Gasteiger partial charge in [-0.05, 0) is 31.5 Å². The van der Waals surface area contributed by atoms with Gasteiger partial charge in [0, 0.05) is 13.1 Å². The third-order valence-corrected chi connectivity index (χ3v) is 6.65. The quantitative estimate of drug-likeness (QED) is 0.840. The van der Waals surface area contributed by atoms with Crippen molar-refractivity contribution < 1.29 is 8.42 Å². The topological polar surface area (TPSA) is 37.4 Å².